The average Bonchev–Trinajstić information content (AvgIpc) is 2.85. The summed E-state index contributed by atoms with van der Waals surface area (Å²) in [5, 5.41) is 7.46. The normalized spacial score (nSPS) is 15.0. The summed E-state index contributed by atoms with van der Waals surface area (Å²) in [4.78, 5) is 37.2. The van der Waals surface area contributed by atoms with Gasteiger partial charge in [-0.3, -0.25) is 9.59 Å². The molecule has 0 unspecified atom stereocenters. The maximum Gasteiger partial charge on any atom is 0.272 e. The zero-order valence-electron chi connectivity index (χ0n) is 15.2. The standard InChI is InChI=1S/C17H22N6O3/c1-11-9-15(19-13(3)18-11)17(25)23-6-4-5-22(7-8-23)16(24)10-14-12(2)20-26-21-14/h9H,4-8,10H2,1-3H3. The minimum atomic E-state index is -0.121. The highest BCUT2D eigenvalue weighted by Crippen LogP contribution is 2.11. The van der Waals surface area contributed by atoms with E-state index in [0.29, 0.717) is 49.1 Å². The first-order valence-electron chi connectivity index (χ1n) is 8.61. The van der Waals surface area contributed by atoms with Crippen LogP contribution in [-0.2, 0) is 11.2 Å². The van der Waals surface area contributed by atoms with Crippen LogP contribution in [0.1, 0.15) is 39.8 Å². The van der Waals surface area contributed by atoms with E-state index < -0.39 is 0 Å². The Morgan fingerprint density at radius 1 is 1.04 bits per heavy atom. The van der Waals surface area contributed by atoms with E-state index in [2.05, 4.69) is 24.9 Å². The van der Waals surface area contributed by atoms with Gasteiger partial charge in [0.25, 0.3) is 5.91 Å². The van der Waals surface area contributed by atoms with Gasteiger partial charge in [0, 0.05) is 31.9 Å². The Morgan fingerprint density at radius 3 is 2.46 bits per heavy atom. The van der Waals surface area contributed by atoms with Crippen LogP contribution in [0.4, 0.5) is 0 Å². The fourth-order valence-electron chi connectivity index (χ4n) is 3.02. The smallest absolute Gasteiger partial charge is 0.272 e. The second-order valence-corrected chi connectivity index (χ2v) is 6.44. The van der Waals surface area contributed by atoms with Gasteiger partial charge in [-0.25, -0.2) is 14.6 Å². The van der Waals surface area contributed by atoms with Crippen LogP contribution in [0.15, 0.2) is 10.7 Å². The highest BCUT2D eigenvalue weighted by Gasteiger charge is 2.25. The van der Waals surface area contributed by atoms with Crippen molar-refractivity contribution in [3.8, 4) is 0 Å². The van der Waals surface area contributed by atoms with Crippen molar-refractivity contribution >= 4 is 11.8 Å². The lowest BCUT2D eigenvalue weighted by atomic mass is 10.2. The Labute approximate surface area is 151 Å². The Morgan fingerprint density at radius 2 is 1.77 bits per heavy atom. The van der Waals surface area contributed by atoms with Crippen molar-refractivity contribution in [2.75, 3.05) is 26.2 Å². The molecule has 3 rings (SSSR count). The lowest BCUT2D eigenvalue weighted by Crippen LogP contribution is -2.38. The molecule has 138 valence electrons. The summed E-state index contributed by atoms with van der Waals surface area (Å²) in [6, 6.07) is 1.70. The van der Waals surface area contributed by atoms with Gasteiger partial charge in [0.2, 0.25) is 5.91 Å². The van der Waals surface area contributed by atoms with Gasteiger partial charge in [-0.05, 0) is 33.3 Å². The summed E-state index contributed by atoms with van der Waals surface area (Å²) in [5.74, 6) is 0.424. The summed E-state index contributed by atoms with van der Waals surface area (Å²) < 4.78 is 4.64. The number of carbonyl (C=O) groups excluding carboxylic acids is 2. The molecule has 2 amide bonds. The van der Waals surface area contributed by atoms with E-state index in [4.69, 9.17) is 0 Å². The summed E-state index contributed by atoms with van der Waals surface area (Å²) >= 11 is 0. The van der Waals surface area contributed by atoms with Gasteiger partial charge in [0.1, 0.15) is 22.9 Å². The first-order chi connectivity index (χ1) is 12.4. The number of aromatic nitrogens is 4. The minimum Gasteiger partial charge on any atom is -0.341 e. The van der Waals surface area contributed by atoms with Crippen molar-refractivity contribution in [3.05, 3.63) is 34.7 Å². The fraction of sp³-hybridized carbons (Fsp3) is 0.529. The first kappa shape index (κ1) is 18.0. The third-order valence-electron chi connectivity index (χ3n) is 4.39. The summed E-state index contributed by atoms with van der Waals surface area (Å²) in [6.07, 6.45) is 0.879. The molecular weight excluding hydrogens is 336 g/mol. The van der Waals surface area contributed by atoms with Crippen LogP contribution in [0.3, 0.4) is 0 Å². The molecule has 0 bridgehead atoms. The maximum absolute atomic E-state index is 12.7. The third-order valence-corrected chi connectivity index (χ3v) is 4.39. The quantitative estimate of drug-likeness (QED) is 0.795. The van der Waals surface area contributed by atoms with E-state index in [1.165, 1.54) is 0 Å². The molecule has 26 heavy (non-hydrogen) atoms. The summed E-state index contributed by atoms with van der Waals surface area (Å²) in [7, 11) is 0. The number of amides is 2. The van der Waals surface area contributed by atoms with Crippen molar-refractivity contribution < 1.29 is 14.2 Å². The van der Waals surface area contributed by atoms with Crippen LogP contribution in [0.5, 0.6) is 0 Å². The van der Waals surface area contributed by atoms with Crippen molar-refractivity contribution in [2.45, 2.75) is 33.6 Å². The molecule has 3 heterocycles. The van der Waals surface area contributed by atoms with Crippen LogP contribution in [0.25, 0.3) is 0 Å². The molecule has 0 spiro atoms. The molecule has 2 aromatic rings. The molecule has 1 aliphatic heterocycles. The van der Waals surface area contributed by atoms with E-state index in [9.17, 15) is 9.59 Å². The number of carbonyl (C=O) groups is 2. The van der Waals surface area contributed by atoms with Gasteiger partial charge in [-0.2, -0.15) is 0 Å². The number of nitrogens with zero attached hydrogens (tertiary/aromatic N) is 6. The predicted octanol–water partition coefficient (Wildman–Crippen LogP) is 0.702. The van der Waals surface area contributed by atoms with Crippen molar-refractivity contribution in [1.82, 2.24) is 30.1 Å². The molecule has 0 aliphatic carbocycles. The topological polar surface area (TPSA) is 105 Å². The SMILES string of the molecule is Cc1cc(C(=O)N2CCCN(C(=O)Cc3nonc3C)CC2)nc(C)n1. The third kappa shape index (κ3) is 4.04. The average molecular weight is 358 g/mol. The van der Waals surface area contributed by atoms with Gasteiger partial charge in [0.05, 0.1) is 6.42 Å². The zero-order chi connectivity index (χ0) is 18.7. The molecule has 0 N–H and O–H groups in total. The van der Waals surface area contributed by atoms with Crippen LogP contribution >= 0.6 is 0 Å². The molecule has 1 fully saturated rings. The monoisotopic (exact) mass is 358 g/mol. The molecule has 1 saturated heterocycles. The van der Waals surface area contributed by atoms with Crippen LogP contribution in [0.2, 0.25) is 0 Å². The molecular formula is C17H22N6O3. The van der Waals surface area contributed by atoms with Crippen molar-refractivity contribution in [3.63, 3.8) is 0 Å². The zero-order valence-corrected chi connectivity index (χ0v) is 15.2. The molecule has 0 atom stereocenters. The number of rotatable bonds is 3. The van der Waals surface area contributed by atoms with Gasteiger partial charge in [-0.1, -0.05) is 10.3 Å². The summed E-state index contributed by atoms with van der Waals surface area (Å²) in [6.45, 7) is 7.53. The van der Waals surface area contributed by atoms with E-state index in [1.54, 1.807) is 29.7 Å². The van der Waals surface area contributed by atoms with E-state index in [1.807, 2.05) is 6.92 Å². The second kappa shape index (κ2) is 7.59. The van der Waals surface area contributed by atoms with E-state index in [0.717, 1.165) is 12.1 Å². The molecule has 9 heteroatoms. The highest BCUT2D eigenvalue weighted by atomic mass is 16.6. The van der Waals surface area contributed by atoms with Gasteiger partial charge in [0.15, 0.2) is 0 Å². The lowest BCUT2D eigenvalue weighted by Gasteiger charge is -2.22. The second-order valence-electron chi connectivity index (χ2n) is 6.44. The molecule has 0 aromatic carbocycles. The molecule has 2 aromatic heterocycles. The van der Waals surface area contributed by atoms with Crippen molar-refractivity contribution in [1.29, 1.82) is 0 Å². The Balaban J connectivity index is 1.63. The number of aryl methyl sites for hydroxylation is 3. The Kier molecular flexibility index (Phi) is 5.24. The Bertz CT molecular complexity index is 798. The maximum atomic E-state index is 12.7. The number of hydrogen-bond acceptors (Lipinski definition) is 7. The summed E-state index contributed by atoms with van der Waals surface area (Å²) in [5.41, 5.74) is 2.35. The van der Waals surface area contributed by atoms with Crippen LogP contribution in [-0.4, -0.2) is 68.1 Å². The predicted molar refractivity (Wildman–Crippen MR) is 91.3 cm³/mol. The molecule has 1 aliphatic rings. The lowest BCUT2D eigenvalue weighted by molar-refractivity contribution is -0.130. The van der Waals surface area contributed by atoms with E-state index in [-0.39, 0.29) is 18.2 Å². The van der Waals surface area contributed by atoms with Crippen LogP contribution in [0, 0.1) is 20.8 Å². The van der Waals surface area contributed by atoms with Gasteiger partial charge < -0.3 is 9.80 Å². The van der Waals surface area contributed by atoms with E-state index >= 15 is 0 Å². The fourth-order valence-corrected chi connectivity index (χ4v) is 3.02. The molecule has 0 saturated carbocycles. The van der Waals surface area contributed by atoms with Crippen LogP contribution < -0.4 is 0 Å². The highest BCUT2D eigenvalue weighted by molar-refractivity contribution is 5.92. The largest absolute Gasteiger partial charge is 0.341 e. The molecule has 0 radical (unpaired) electrons. The molecule has 9 nitrogen and oxygen atoms in total. The minimum absolute atomic E-state index is 0.0353. The van der Waals surface area contributed by atoms with Gasteiger partial charge >= 0.3 is 0 Å². The number of hydrogen-bond donors (Lipinski definition) is 0. The Hall–Kier alpha value is -2.84. The van der Waals surface area contributed by atoms with Gasteiger partial charge in [-0.15, -0.1) is 0 Å². The van der Waals surface area contributed by atoms with Crippen molar-refractivity contribution in [2.24, 2.45) is 0 Å². The first-order valence-corrected chi connectivity index (χ1v) is 8.61.